The molecule has 0 bridgehead atoms. The molecule has 1 saturated heterocycles. The Labute approximate surface area is 117 Å². The molecular formula is C15H29N3O. The topological polar surface area (TPSA) is 36.9 Å². The van der Waals surface area contributed by atoms with E-state index in [2.05, 4.69) is 42.9 Å². The molecule has 0 spiro atoms. The van der Waals surface area contributed by atoms with Crippen LogP contribution in [0.25, 0.3) is 0 Å². The van der Waals surface area contributed by atoms with Crippen LogP contribution < -0.4 is 5.32 Å². The van der Waals surface area contributed by atoms with Crippen molar-refractivity contribution < 1.29 is 4.74 Å². The molecule has 2 unspecified atom stereocenters. The average molecular weight is 267 g/mol. The second kappa shape index (κ2) is 5.70. The van der Waals surface area contributed by atoms with Crippen molar-refractivity contribution in [2.75, 3.05) is 20.1 Å². The molecule has 4 nitrogen and oxygen atoms in total. The fourth-order valence-corrected chi connectivity index (χ4v) is 2.67. The lowest BCUT2D eigenvalue weighted by Gasteiger charge is -2.37. The van der Waals surface area contributed by atoms with Crippen molar-refractivity contribution in [3.8, 4) is 0 Å². The quantitative estimate of drug-likeness (QED) is 0.616. The zero-order valence-electron chi connectivity index (χ0n) is 13.1. The monoisotopic (exact) mass is 267 g/mol. The second-order valence-electron chi connectivity index (χ2n) is 6.93. The maximum Gasteiger partial charge on any atom is 0.193 e. The van der Waals surface area contributed by atoms with Gasteiger partial charge in [-0.25, -0.2) is 0 Å². The molecular weight excluding hydrogens is 238 g/mol. The van der Waals surface area contributed by atoms with Crippen LogP contribution in [0.5, 0.6) is 0 Å². The lowest BCUT2D eigenvalue weighted by molar-refractivity contribution is -0.0772. The van der Waals surface area contributed by atoms with Crippen LogP contribution >= 0.6 is 0 Å². The summed E-state index contributed by atoms with van der Waals surface area (Å²) in [6.07, 6.45) is 3.87. The van der Waals surface area contributed by atoms with Crippen molar-refractivity contribution in [1.82, 2.24) is 10.2 Å². The molecule has 1 aliphatic carbocycles. The van der Waals surface area contributed by atoms with Gasteiger partial charge in [0.15, 0.2) is 5.96 Å². The summed E-state index contributed by atoms with van der Waals surface area (Å²) in [7, 11) is 1.88. The first-order valence-electron chi connectivity index (χ1n) is 7.55. The SMILES string of the molecule is CN=C(NC1CC1C)N1CCC(OC(C)(C)C)CC1. The zero-order chi connectivity index (χ0) is 14.0. The van der Waals surface area contributed by atoms with Gasteiger partial charge in [0.25, 0.3) is 0 Å². The molecule has 0 aromatic heterocycles. The molecule has 0 aromatic rings. The number of ether oxygens (including phenoxy) is 1. The Morgan fingerprint density at radius 3 is 2.26 bits per heavy atom. The van der Waals surface area contributed by atoms with E-state index < -0.39 is 0 Å². The van der Waals surface area contributed by atoms with E-state index in [1.807, 2.05) is 7.05 Å². The van der Waals surface area contributed by atoms with Crippen LogP contribution in [0.3, 0.4) is 0 Å². The van der Waals surface area contributed by atoms with E-state index >= 15 is 0 Å². The predicted molar refractivity (Wildman–Crippen MR) is 79.5 cm³/mol. The van der Waals surface area contributed by atoms with Gasteiger partial charge in [-0.2, -0.15) is 0 Å². The Bertz CT molecular complexity index is 327. The van der Waals surface area contributed by atoms with Crippen LogP contribution in [-0.2, 0) is 4.74 Å². The molecule has 19 heavy (non-hydrogen) atoms. The van der Waals surface area contributed by atoms with Gasteiger partial charge in [0, 0.05) is 26.2 Å². The lowest BCUT2D eigenvalue weighted by Crippen LogP contribution is -2.48. The molecule has 1 heterocycles. The van der Waals surface area contributed by atoms with Gasteiger partial charge in [-0.1, -0.05) is 6.92 Å². The number of rotatable bonds is 2. The molecule has 2 aliphatic rings. The average Bonchev–Trinajstić information content (AvgIpc) is 3.01. The fourth-order valence-electron chi connectivity index (χ4n) is 2.67. The Morgan fingerprint density at radius 2 is 1.84 bits per heavy atom. The maximum atomic E-state index is 6.06. The molecule has 0 amide bonds. The fraction of sp³-hybridized carbons (Fsp3) is 0.933. The van der Waals surface area contributed by atoms with E-state index in [0.717, 1.165) is 37.8 Å². The van der Waals surface area contributed by atoms with Gasteiger partial charge in [-0.15, -0.1) is 0 Å². The van der Waals surface area contributed by atoms with Crippen LogP contribution in [0.1, 0.15) is 47.0 Å². The Morgan fingerprint density at radius 1 is 1.26 bits per heavy atom. The van der Waals surface area contributed by atoms with Gasteiger partial charge in [0.2, 0.25) is 0 Å². The Kier molecular flexibility index (Phi) is 4.39. The number of piperidine rings is 1. The van der Waals surface area contributed by atoms with Crippen molar-refractivity contribution in [1.29, 1.82) is 0 Å². The molecule has 1 saturated carbocycles. The molecule has 4 heteroatoms. The minimum absolute atomic E-state index is 0.0315. The van der Waals surface area contributed by atoms with Crippen molar-refractivity contribution in [3.05, 3.63) is 0 Å². The number of likely N-dealkylation sites (tertiary alicyclic amines) is 1. The van der Waals surface area contributed by atoms with Crippen molar-refractivity contribution in [2.24, 2.45) is 10.9 Å². The first kappa shape index (κ1) is 14.6. The molecule has 1 N–H and O–H groups in total. The number of hydrogen-bond acceptors (Lipinski definition) is 2. The summed E-state index contributed by atoms with van der Waals surface area (Å²) in [5.41, 5.74) is -0.0315. The summed E-state index contributed by atoms with van der Waals surface area (Å²) in [4.78, 5) is 6.79. The molecule has 1 aliphatic heterocycles. The zero-order valence-corrected chi connectivity index (χ0v) is 13.1. The van der Waals surface area contributed by atoms with Crippen LogP contribution in [0, 0.1) is 5.92 Å². The predicted octanol–water partition coefficient (Wildman–Crippen LogP) is 2.25. The summed E-state index contributed by atoms with van der Waals surface area (Å²) in [5, 5.41) is 3.56. The highest BCUT2D eigenvalue weighted by atomic mass is 16.5. The van der Waals surface area contributed by atoms with Gasteiger partial charge < -0.3 is 15.0 Å². The third-order valence-electron chi connectivity index (χ3n) is 3.90. The van der Waals surface area contributed by atoms with Crippen LogP contribution in [0.15, 0.2) is 4.99 Å². The summed E-state index contributed by atoms with van der Waals surface area (Å²) >= 11 is 0. The molecule has 110 valence electrons. The van der Waals surface area contributed by atoms with Crippen molar-refractivity contribution in [3.63, 3.8) is 0 Å². The minimum atomic E-state index is -0.0315. The number of hydrogen-bond donors (Lipinski definition) is 1. The first-order valence-corrected chi connectivity index (χ1v) is 7.55. The maximum absolute atomic E-state index is 6.06. The van der Waals surface area contributed by atoms with E-state index in [-0.39, 0.29) is 5.60 Å². The molecule has 0 radical (unpaired) electrons. The number of guanidine groups is 1. The van der Waals surface area contributed by atoms with E-state index in [4.69, 9.17) is 4.74 Å². The van der Waals surface area contributed by atoms with Crippen molar-refractivity contribution >= 4 is 5.96 Å². The van der Waals surface area contributed by atoms with Gasteiger partial charge >= 0.3 is 0 Å². The van der Waals surface area contributed by atoms with E-state index in [9.17, 15) is 0 Å². The number of nitrogens with zero attached hydrogens (tertiary/aromatic N) is 2. The first-order chi connectivity index (χ1) is 8.89. The number of aliphatic imine (C=N–C) groups is 1. The molecule has 0 aromatic carbocycles. The third kappa shape index (κ3) is 4.37. The van der Waals surface area contributed by atoms with E-state index in [0.29, 0.717) is 12.1 Å². The van der Waals surface area contributed by atoms with Gasteiger partial charge in [-0.3, -0.25) is 4.99 Å². The Hall–Kier alpha value is -0.770. The minimum Gasteiger partial charge on any atom is -0.372 e. The van der Waals surface area contributed by atoms with Crippen LogP contribution in [0.4, 0.5) is 0 Å². The van der Waals surface area contributed by atoms with E-state index in [1.54, 1.807) is 0 Å². The smallest absolute Gasteiger partial charge is 0.193 e. The van der Waals surface area contributed by atoms with Gasteiger partial charge in [-0.05, 0) is 46.0 Å². The highest BCUT2D eigenvalue weighted by Crippen LogP contribution is 2.29. The molecule has 2 fully saturated rings. The second-order valence-corrected chi connectivity index (χ2v) is 6.93. The summed E-state index contributed by atoms with van der Waals surface area (Å²) in [5.74, 6) is 1.88. The Balaban J connectivity index is 1.78. The standard InChI is InChI=1S/C15H29N3O/c1-11-10-13(11)17-14(16-5)18-8-6-12(7-9-18)19-15(2,3)4/h11-13H,6-10H2,1-5H3,(H,16,17). The van der Waals surface area contributed by atoms with Gasteiger partial charge in [0.1, 0.15) is 0 Å². The summed E-state index contributed by atoms with van der Waals surface area (Å²) in [6.45, 7) is 10.8. The number of nitrogens with one attached hydrogen (secondary N) is 1. The van der Waals surface area contributed by atoms with Crippen LogP contribution in [-0.4, -0.2) is 48.7 Å². The van der Waals surface area contributed by atoms with Gasteiger partial charge in [0.05, 0.1) is 11.7 Å². The van der Waals surface area contributed by atoms with E-state index in [1.165, 1.54) is 6.42 Å². The highest BCUT2D eigenvalue weighted by Gasteiger charge is 2.35. The normalized spacial score (nSPS) is 29.5. The molecule has 2 rings (SSSR count). The largest absolute Gasteiger partial charge is 0.372 e. The lowest BCUT2D eigenvalue weighted by atomic mass is 10.1. The highest BCUT2D eigenvalue weighted by molar-refractivity contribution is 5.80. The summed E-state index contributed by atoms with van der Waals surface area (Å²) < 4.78 is 6.06. The van der Waals surface area contributed by atoms with Crippen molar-refractivity contribution in [2.45, 2.75) is 64.7 Å². The molecule has 2 atom stereocenters. The third-order valence-corrected chi connectivity index (χ3v) is 3.90. The summed E-state index contributed by atoms with van der Waals surface area (Å²) in [6, 6.07) is 0.641. The van der Waals surface area contributed by atoms with Crippen LogP contribution in [0.2, 0.25) is 0 Å².